The van der Waals surface area contributed by atoms with Gasteiger partial charge < -0.3 is 10.6 Å². The van der Waals surface area contributed by atoms with Crippen molar-refractivity contribution in [2.75, 3.05) is 38.5 Å². The van der Waals surface area contributed by atoms with E-state index in [1.807, 2.05) is 7.05 Å². The Labute approximate surface area is 133 Å². The molecule has 0 bridgehead atoms. The normalized spacial score (nSPS) is 16.9. The average Bonchev–Trinajstić information content (AvgIpc) is 2.44. The summed E-state index contributed by atoms with van der Waals surface area (Å²) in [7, 11) is 1.96. The number of halogens is 2. The Balaban J connectivity index is 1.80. The molecular weight excluding hydrogens is 337 g/mol. The lowest BCUT2D eigenvalue weighted by Gasteiger charge is -2.31. The van der Waals surface area contributed by atoms with Gasteiger partial charge in [0.2, 0.25) is 5.91 Å². The van der Waals surface area contributed by atoms with E-state index in [0.717, 1.165) is 32.5 Å². The number of piperidine rings is 1. The van der Waals surface area contributed by atoms with E-state index in [0.29, 0.717) is 16.9 Å². The largest absolute Gasteiger partial charge is 0.322 e. The molecule has 116 valence electrons. The number of nitrogens with one attached hydrogen (secondary N) is 2. The van der Waals surface area contributed by atoms with Gasteiger partial charge in [-0.1, -0.05) is 15.9 Å². The second-order valence-electron chi connectivity index (χ2n) is 5.45. The first-order chi connectivity index (χ1) is 10.1. The lowest BCUT2D eigenvalue weighted by atomic mass is 9.97. The maximum Gasteiger partial charge on any atom is 0.238 e. The molecule has 1 aromatic carbocycles. The van der Waals surface area contributed by atoms with E-state index in [2.05, 4.69) is 31.5 Å². The maximum absolute atomic E-state index is 13.7. The number of carbonyl (C=O) groups excluding carboxylic acids is 1. The van der Waals surface area contributed by atoms with Gasteiger partial charge >= 0.3 is 0 Å². The third-order valence-electron chi connectivity index (χ3n) is 3.77. The van der Waals surface area contributed by atoms with Gasteiger partial charge in [-0.05, 0) is 63.6 Å². The first-order valence-electron chi connectivity index (χ1n) is 7.20. The summed E-state index contributed by atoms with van der Waals surface area (Å²) in [6.07, 6.45) is 2.20. The number of anilines is 1. The Morgan fingerprint density at radius 2 is 2.14 bits per heavy atom. The Morgan fingerprint density at radius 1 is 1.43 bits per heavy atom. The first-order valence-corrected chi connectivity index (χ1v) is 7.99. The van der Waals surface area contributed by atoms with Crippen LogP contribution in [0.25, 0.3) is 0 Å². The number of hydrogen-bond acceptors (Lipinski definition) is 3. The highest BCUT2D eigenvalue weighted by Crippen LogP contribution is 2.20. The van der Waals surface area contributed by atoms with Crippen molar-refractivity contribution in [2.24, 2.45) is 5.92 Å². The summed E-state index contributed by atoms with van der Waals surface area (Å²) in [6.45, 7) is 3.19. The predicted molar refractivity (Wildman–Crippen MR) is 85.8 cm³/mol. The van der Waals surface area contributed by atoms with Crippen molar-refractivity contribution in [3.63, 3.8) is 0 Å². The minimum atomic E-state index is -0.426. The minimum Gasteiger partial charge on any atom is -0.322 e. The zero-order valence-electron chi connectivity index (χ0n) is 12.2. The maximum atomic E-state index is 13.7. The van der Waals surface area contributed by atoms with Crippen molar-refractivity contribution in [3.8, 4) is 0 Å². The smallest absolute Gasteiger partial charge is 0.238 e. The molecule has 0 unspecified atom stereocenters. The molecule has 1 aliphatic rings. The van der Waals surface area contributed by atoms with Gasteiger partial charge in [-0.15, -0.1) is 0 Å². The zero-order chi connectivity index (χ0) is 15.2. The van der Waals surface area contributed by atoms with Crippen molar-refractivity contribution in [3.05, 3.63) is 28.5 Å². The van der Waals surface area contributed by atoms with Crippen molar-refractivity contribution < 1.29 is 9.18 Å². The van der Waals surface area contributed by atoms with Gasteiger partial charge in [0.15, 0.2) is 0 Å². The van der Waals surface area contributed by atoms with Gasteiger partial charge in [0, 0.05) is 4.47 Å². The number of amides is 1. The fraction of sp³-hybridized carbons (Fsp3) is 0.533. The molecule has 2 N–H and O–H groups in total. The molecule has 4 nitrogen and oxygen atoms in total. The quantitative estimate of drug-likeness (QED) is 0.850. The summed E-state index contributed by atoms with van der Waals surface area (Å²) in [5, 5.41) is 5.83. The molecule has 0 radical (unpaired) electrons. The molecule has 1 amide bonds. The van der Waals surface area contributed by atoms with Crippen LogP contribution in [-0.4, -0.2) is 44.0 Å². The second-order valence-corrected chi connectivity index (χ2v) is 6.37. The van der Waals surface area contributed by atoms with E-state index in [-0.39, 0.29) is 11.6 Å². The van der Waals surface area contributed by atoms with Crippen LogP contribution in [0.5, 0.6) is 0 Å². The van der Waals surface area contributed by atoms with Crippen LogP contribution in [0.4, 0.5) is 10.1 Å². The van der Waals surface area contributed by atoms with Crippen LogP contribution in [0.15, 0.2) is 22.7 Å². The fourth-order valence-electron chi connectivity index (χ4n) is 2.62. The number of rotatable bonds is 5. The van der Waals surface area contributed by atoms with E-state index >= 15 is 0 Å². The third kappa shape index (κ3) is 5.05. The molecule has 21 heavy (non-hydrogen) atoms. The zero-order valence-corrected chi connectivity index (χ0v) is 13.7. The van der Waals surface area contributed by atoms with Crippen LogP contribution in [0, 0.1) is 11.7 Å². The summed E-state index contributed by atoms with van der Waals surface area (Å²) < 4.78 is 14.3. The number of benzene rings is 1. The van der Waals surface area contributed by atoms with Crippen molar-refractivity contribution in [1.82, 2.24) is 10.2 Å². The molecule has 1 saturated heterocycles. The molecule has 0 aliphatic carbocycles. The van der Waals surface area contributed by atoms with Gasteiger partial charge in [0.05, 0.1) is 12.2 Å². The van der Waals surface area contributed by atoms with E-state index in [1.54, 1.807) is 12.1 Å². The molecule has 2 rings (SSSR count). The molecule has 0 atom stereocenters. The summed E-state index contributed by atoms with van der Waals surface area (Å²) in [4.78, 5) is 14.1. The van der Waals surface area contributed by atoms with Crippen LogP contribution in [0.1, 0.15) is 12.8 Å². The van der Waals surface area contributed by atoms with Crippen LogP contribution >= 0.6 is 15.9 Å². The number of likely N-dealkylation sites (tertiary alicyclic amines) is 1. The SMILES string of the molecule is CNCC1CCN(CC(=O)Nc2ccc(Br)cc2F)CC1. The van der Waals surface area contributed by atoms with Crippen molar-refractivity contribution in [1.29, 1.82) is 0 Å². The molecule has 6 heteroatoms. The molecule has 1 aromatic rings. The first kappa shape index (κ1) is 16.4. The van der Waals surface area contributed by atoms with Gasteiger partial charge in [-0.3, -0.25) is 9.69 Å². The van der Waals surface area contributed by atoms with Crippen LogP contribution in [-0.2, 0) is 4.79 Å². The lowest BCUT2D eigenvalue weighted by Crippen LogP contribution is -2.40. The lowest BCUT2D eigenvalue weighted by molar-refractivity contribution is -0.117. The molecule has 0 spiro atoms. The summed E-state index contributed by atoms with van der Waals surface area (Å²) in [5.41, 5.74) is 0.230. The van der Waals surface area contributed by atoms with Gasteiger partial charge in [0.25, 0.3) is 0 Å². The highest BCUT2D eigenvalue weighted by Gasteiger charge is 2.20. The Kier molecular flexibility index (Phi) is 6.14. The molecular formula is C15H21BrFN3O. The van der Waals surface area contributed by atoms with Crippen LogP contribution in [0.2, 0.25) is 0 Å². The number of hydrogen-bond donors (Lipinski definition) is 2. The highest BCUT2D eigenvalue weighted by atomic mass is 79.9. The number of carbonyl (C=O) groups is 1. The van der Waals surface area contributed by atoms with E-state index in [4.69, 9.17) is 0 Å². The van der Waals surface area contributed by atoms with Crippen molar-refractivity contribution in [2.45, 2.75) is 12.8 Å². The van der Waals surface area contributed by atoms with Crippen LogP contribution in [0.3, 0.4) is 0 Å². The molecule has 1 heterocycles. The average molecular weight is 358 g/mol. The van der Waals surface area contributed by atoms with E-state index < -0.39 is 5.82 Å². The minimum absolute atomic E-state index is 0.164. The van der Waals surface area contributed by atoms with Crippen LogP contribution < -0.4 is 10.6 Å². The topological polar surface area (TPSA) is 44.4 Å². The van der Waals surface area contributed by atoms with E-state index in [9.17, 15) is 9.18 Å². The monoisotopic (exact) mass is 357 g/mol. The predicted octanol–water partition coefficient (Wildman–Crippen LogP) is 2.46. The van der Waals surface area contributed by atoms with E-state index in [1.165, 1.54) is 6.07 Å². The van der Waals surface area contributed by atoms with Gasteiger partial charge in [-0.2, -0.15) is 0 Å². The van der Waals surface area contributed by atoms with Gasteiger partial charge in [-0.25, -0.2) is 4.39 Å². The Bertz CT molecular complexity index is 490. The molecule has 1 aliphatic heterocycles. The molecule has 0 aromatic heterocycles. The molecule has 1 fully saturated rings. The van der Waals surface area contributed by atoms with Gasteiger partial charge in [0.1, 0.15) is 5.82 Å². The highest BCUT2D eigenvalue weighted by molar-refractivity contribution is 9.10. The summed E-state index contributed by atoms with van der Waals surface area (Å²) >= 11 is 3.19. The Hall–Kier alpha value is -0.980. The fourth-order valence-corrected chi connectivity index (χ4v) is 2.95. The summed E-state index contributed by atoms with van der Waals surface area (Å²) in [5.74, 6) is 0.104. The van der Waals surface area contributed by atoms with Crippen molar-refractivity contribution >= 4 is 27.5 Å². The second kappa shape index (κ2) is 7.87. The summed E-state index contributed by atoms with van der Waals surface area (Å²) in [6, 6.07) is 4.62. The number of nitrogens with zero attached hydrogens (tertiary/aromatic N) is 1. The third-order valence-corrected chi connectivity index (χ3v) is 4.27. The molecule has 0 saturated carbocycles. The Morgan fingerprint density at radius 3 is 2.76 bits per heavy atom. The standard InChI is InChI=1S/C15H21BrFN3O/c1-18-9-11-4-6-20(7-5-11)10-15(21)19-14-3-2-12(16)8-13(14)17/h2-3,8,11,18H,4-7,9-10H2,1H3,(H,19,21).